The van der Waals surface area contributed by atoms with Crippen LogP contribution in [0.25, 0.3) is 11.5 Å². The summed E-state index contributed by atoms with van der Waals surface area (Å²) in [5.74, 6) is 0.632. The molecule has 3 rings (SSSR count). The van der Waals surface area contributed by atoms with Crippen molar-refractivity contribution in [2.45, 2.75) is 25.5 Å². The molecule has 6 heteroatoms. The summed E-state index contributed by atoms with van der Waals surface area (Å²) in [4.78, 5) is 0. The van der Waals surface area contributed by atoms with Crippen molar-refractivity contribution in [3.8, 4) is 11.5 Å². The molecule has 1 unspecified atom stereocenters. The van der Waals surface area contributed by atoms with Gasteiger partial charge in [-0.05, 0) is 37.1 Å². The lowest BCUT2D eigenvalue weighted by atomic mass is 10.2. The number of aromatic nitrogens is 2. The maximum absolute atomic E-state index is 12.8. The summed E-state index contributed by atoms with van der Waals surface area (Å²) in [5.41, 5.74) is 0.712. The number of hydrogen-bond donors (Lipinski definition) is 1. The molecule has 0 radical (unpaired) electrons. The number of ether oxygens (including phenoxy) is 1. The van der Waals surface area contributed by atoms with Gasteiger partial charge < -0.3 is 14.5 Å². The Hall–Kier alpha value is -1.79. The fourth-order valence-corrected chi connectivity index (χ4v) is 2.18. The molecule has 1 atom stereocenters. The number of nitrogens with zero attached hydrogens (tertiary/aromatic N) is 2. The summed E-state index contributed by atoms with van der Waals surface area (Å²) in [6, 6.07) is 5.97. The van der Waals surface area contributed by atoms with Crippen molar-refractivity contribution in [2.75, 3.05) is 13.2 Å². The van der Waals surface area contributed by atoms with Crippen LogP contribution in [0.15, 0.2) is 28.7 Å². The maximum atomic E-state index is 12.8. The first-order chi connectivity index (χ1) is 9.81. The zero-order valence-corrected chi connectivity index (χ0v) is 11.0. The first-order valence-electron chi connectivity index (χ1n) is 6.72. The second-order valence-electron chi connectivity index (χ2n) is 4.77. The SMILES string of the molecule is Fc1ccc(-c2nnc(CNCC3CCCO3)o2)cc1. The summed E-state index contributed by atoms with van der Waals surface area (Å²) >= 11 is 0. The number of nitrogens with one attached hydrogen (secondary N) is 1. The topological polar surface area (TPSA) is 60.2 Å². The number of hydrogen-bond acceptors (Lipinski definition) is 5. The molecule has 1 N–H and O–H groups in total. The third-order valence-electron chi connectivity index (χ3n) is 3.23. The van der Waals surface area contributed by atoms with E-state index in [0.29, 0.717) is 23.9 Å². The van der Waals surface area contributed by atoms with Crippen LogP contribution in [0.3, 0.4) is 0 Å². The van der Waals surface area contributed by atoms with Gasteiger partial charge in [-0.2, -0.15) is 0 Å². The molecule has 0 spiro atoms. The molecule has 106 valence electrons. The third kappa shape index (κ3) is 3.20. The van der Waals surface area contributed by atoms with E-state index in [1.165, 1.54) is 12.1 Å². The first-order valence-corrected chi connectivity index (χ1v) is 6.72. The first kappa shape index (κ1) is 13.2. The van der Waals surface area contributed by atoms with E-state index in [1.54, 1.807) is 12.1 Å². The van der Waals surface area contributed by atoms with E-state index in [2.05, 4.69) is 15.5 Å². The third-order valence-corrected chi connectivity index (χ3v) is 3.23. The van der Waals surface area contributed by atoms with E-state index >= 15 is 0 Å². The van der Waals surface area contributed by atoms with Crippen LogP contribution in [0.2, 0.25) is 0 Å². The minimum atomic E-state index is -0.285. The molecule has 0 amide bonds. The summed E-state index contributed by atoms with van der Waals surface area (Å²) < 4.78 is 23.9. The minimum absolute atomic E-state index is 0.285. The second kappa shape index (κ2) is 6.11. The predicted octanol–water partition coefficient (Wildman–Crippen LogP) is 2.14. The average Bonchev–Trinajstić information content (AvgIpc) is 3.11. The Morgan fingerprint density at radius 2 is 2.10 bits per heavy atom. The lowest BCUT2D eigenvalue weighted by Gasteiger charge is -2.08. The fraction of sp³-hybridized carbons (Fsp3) is 0.429. The largest absolute Gasteiger partial charge is 0.419 e. The molecule has 2 heterocycles. The van der Waals surface area contributed by atoms with Crippen molar-refractivity contribution >= 4 is 0 Å². The van der Waals surface area contributed by atoms with Crippen LogP contribution in [0.4, 0.5) is 4.39 Å². The van der Waals surface area contributed by atoms with Gasteiger partial charge in [0.2, 0.25) is 11.8 Å². The van der Waals surface area contributed by atoms with Crippen LogP contribution in [0.1, 0.15) is 18.7 Å². The van der Waals surface area contributed by atoms with E-state index in [9.17, 15) is 4.39 Å². The Morgan fingerprint density at radius 1 is 1.25 bits per heavy atom. The normalized spacial score (nSPS) is 18.6. The Morgan fingerprint density at radius 3 is 2.85 bits per heavy atom. The van der Waals surface area contributed by atoms with Crippen LogP contribution in [0, 0.1) is 5.82 Å². The van der Waals surface area contributed by atoms with Gasteiger partial charge in [0, 0.05) is 18.7 Å². The predicted molar refractivity (Wildman–Crippen MR) is 70.4 cm³/mol. The van der Waals surface area contributed by atoms with Gasteiger partial charge >= 0.3 is 0 Å². The Balaban J connectivity index is 1.55. The van der Waals surface area contributed by atoms with Gasteiger partial charge in [0.05, 0.1) is 12.6 Å². The van der Waals surface area contributed by atoms with Crippen LogP contribution in [-0.2, 0) is 11.3 Å². The average molecular weight is 277 g/mol. The molecule has 2 aromatic rings. The van der Waals surface area contributed by atoms with Gasteiger partial charge in [0.15, 0.2) is 0 Å². The van der Waals surface area contributed by atoms with Gasteiger partial charge in [0.25, 0.3) is 0 Å². The standard InChI is InChI=1S/C14H16FN3O2/c15-11-5-3-10(4-6-11)14-18-17-13(20-14)9-16-8-12-2-1-7-19-12/h3-6,12,16H,1-2,7-9H2. The summed E-state index contributed by atoms with van der Waals surface area (Å²) in [6.45, 7) is 2.14. The van der Waals surface area contributed by atoms with Crippen molar-refractivity contribution in [1.82, 2.24) is 15.5 Å². The quantitative estimate of drug-likeness (QED) is 0.907. The molecule has 20 heavy (non-hydrogen) atoms. The van der Waals surface area contributed by atoms with Crippen LogP contribution >= 0.6 is 0 Å². The van der Waals surface area contributed by atoms with Crippen molar-refractivity contribution in [3.63, 3.8) is 0 Å². The zero-order valence-electron chi connectivity index (χ0n) is 11.0. The van der Waals surface area contributed by atoms with E-state index < -0.39 is 0 Å². The van der Waals surface area contributed by atoms with Crippen molar-refractivity contribution in [3.05, 3.63) is 36.0 Å². The fourth-order valence-electron chi connectivity index (χ4n) is 2.18. The van der Waals surface area contributed by atoms with Gasteiger partial charge in [-0.3, -0.25) is 0 Å². The molecule has 1 fully saturated rings. The molecule has 1 aromatic heterocycles. The lowest BCUT2D eigenvalue weighted by Crippen LogP contribution is -2.25. The van der Waals surface area contributed by atoms with Gasteiger partial charge in [-0.15, -0.1) is 10.2 Å². The Bertz CT molecular complexity index is 550. The minimum Gasteiger partial charge on any atom is -0.419 e. The van der Waals surface area contributed by atoms with Gasteiger partial charge in [0.1, 0.15) is 5.82 Å². The van der Waals surface area contributed by atoms with Crippen molar-refractivity contribution in [1.29, 1.82) is 0 Å². The molecule has 1 aliphatic heterocycles. The van der Waals surface area contributed by atoms with Crippen LogP contribution in [0.5, 0.6) is 0 Å². The second-order valence-corrected chi connectivity index (χ2v) is 4.77. The summed E-state index contributed by atoms with van der Waals surface area (Å²) in [6.07, 6.45) is 2.51. The van der Waals surface area contributed by atoms with Crippen molar-refractivity contribution < 1.29 is 13.5 Å². The van der Waals surface area contributed by atoms with Crippen LogP contribution in [-0.4, -0.2) is 29.5 Å². The molecular weight excluding hydrogens is 261 g/mol. The maximum Gasteiger partial charge on any atom is 0.247 e. The summed E-state index contributed by atoms with van der Waals surface area (Å²) in [7, 11) is 0. The highest BCUT2D eigenvalue weighted by atomic mass is 19.1. The summed E-state index contributed by atoms with van der Waals surface area (Å²) in [5, 5.41) is 11.2. The number of halogens is 1. The van der Waals surface area contributed by atoms with Gasteiger partial charge in [-0.1, -0.05) is 0 Å². The Labute approximate surface area is 116 Å². The highest BCUT2D eigenvalue weighted by molar-refractivity contribution is 5.51. The molecule has 1 saturated heterocycles. The molecule has 0 aliphatic carbocycles. The van der Waals surface area contributed by atoms with E-state index in [0.717, 1.165) is 26.0 Å². The van der Waals surface area contributed by atoms with Gasteiger partial charge in [-0.25, -0.2) is 4.39 Å². The molecular formula is C14H16FN3O2. The molecule has 1 aromatic carbocycles. The molecule has 0 saturated carbocycles. The monoisotopic (exact) mass is 277 g/mol. The van der Waals surface area contributed by atoms with Crippen LogP contribution < -0.4 is 5.32 Å². The molecule has 1 aliphatic rings. The van der Waals surface area contributed by atoms with E-state index in [1.807, 2.05) is 0 Å². The number of rotatable bonds is 5. The Kier molecular flexibility index (Phi) is 4.03. The highest BCUT2D eigenvalue weighted by Crippen LogP contribution is 2.18. The lowest BCUT2D eigenvalue weighted by molar-refractivity contribution is 0.109. The molecule has 0 bridgehead atoms. The zero-order chi connectivity index (χ0) is 13.8. The van der Waals surface area contributed by atoms with E-state index in [4.69, 9.17) is 9.15 Å². The number of benzene rings is 1. The highest BCUT2D eigenvalue weighted by Gasteiger charge is 2.15. The van der Waals surface area contributed by atoms with Crippen molar-refractivity contribution in [2.24, 2.45) is 0 Å². The smallest absolute Gasteiger partial charge is 0.247 e. The van der Waals surface area contributed by atoms with E-state index in [-0.39, 0.29) is 11.9 Å². The molecule has 5 nitrogen and oxygen atoms in total.